The molecule has 33 heavy (non-hydrogen) atoms. The van der Waals surface area contributed by atoms with Crippen molar-refractivity contribution in [1.82, 2.24) is 24.8 Å². The fourth-order valence-corrected chi connectivity index (χ4v) is 3.42. The van der Waals surface area contributed by atoms with Gasteiger partial charge in [-0.1, -0.05) is 12.1 Å². The molecule has 0 saturated carbocycles. The van der Waals surface area contributed by atoms with Crippen LogP contribution in [0.5, 0.6) is 0 Å². The molecule has 0 radical (unpaired) electrons. The van der Waals surface area contributed by atoms with Crippen LogP contribution < -0.4 is 5.32 Å². The maximum atomic E-state index is 11.5. The fraction of sp³-hybridized carbons (Fsp3) is 0.375. The Kier molecular flexibility index (Phi) is 7.89. The smallest absolute Gasteiger partial charge is 0.407 e. The molecular formula is C24H30N6O3. The summed E-state index contributed by atoms with van der Waals surface area (Å²) in [5.41, 5.74) is 2.88. The van der Waals surface area contributed by atoms with Gasteiger partial charge in [0.2, 0.25) is 5.95 Å². The van der Waals surface area contributed by atoms with E-state index in [2.05, 4.69) is 25.3 Å². The Morgan fingerprint density at radius 1 is 1.09 bits per heavy atom. The number of unbranched alkanes of at least 4 members (excludes halogenated alkanes) is 1. The molecule has 9 heteroatoms. The van der Waals surface area contributed by atoms with Gasteiger partial charge in [0.05, 0.1) is 6.61 Å². The summed E-state index contributed by atoms with van der Waals surface area (Å²) < 4.78 is 0. The molecule has 3 N–H and O–H groups in total. The lowest BCUT2D eigenvalue weighted by atomic mass is 10.1. The van der Waals surface area contributed by atoms with Gasteiger partial charge in [-0.05, 0) is 69.9 Å². The molecule has 1 aromatic carbocycles. The van der Waals surface area contributed by atoms with Gasteiger partial charge in [0.25, 0.3) is 0 Å². The number of amides is 1. The molecule has 0 atom stereocenters. The van der Waals surface area contributed by atoms with E-state index in [1.54, 1.807) is 6.20 Å². The average Bonchev–Trinajstić information content (AvgIpc) is 2.78. The highest BCUT2D eigenvalue weighted by Crippen LogP contribution is 2.20. The molecule has 0 bridgehead atoms. The van der Waals surface area contributed by atoms with Crippen LogP contribution in [0.2, 0.25) is 0 Å². The van der Waals surface area contributed by atoms with E-state index in [-0.39, 0.29) is 6.61 Å². The summed E-state index contributed by atoms with van der Waals surface area (Å²) >= 11 is 0. The SMILES string of the molecule is CC(C)(C)N(CCCCc1cc(-c2ncnc(Nc3cccc(CO)c3)n2)ccn1)C(=O)O. The number of aryl methyl sites for hydroxylation is 1. The lowest BCUT2D eigenvalue weighted by Crippen LogP contribution is -2.45. The zero-order valence-electron chi connectivity index (χ0n) is 19.2. The Balaban J connectivity index is 1.63. The highest BCUT2D eigenvalue weighted by Gasteiger charge is 2.25. The minimum atomic E-state index is -0.898. The second-order valence-electron chi connectivity index (χ2n) is 8.71. The number of hydrogen-bond donors (Lipinski definition) is 3. The first-order valence-electron chi connectivity index (χ1n) is 10.9. The van der Waals surface area contributed by atoms with Crippen LogP contribution in [0.4, 0.5) is 16.4 Å². The van der Waals surface area contributed by atoms with Crippen molar-refractivity contribution in [3.8, 4) is 11.4 Å². The highest BCUT2D eigenvalue weighted by molar-refractivity contribution is 5.66. The Hall–Kier alpha value is -3.59. The van der Waals surface area contributed by atoms with Crippen molar-refractivity contribution in [3.63, 3.8) is 0 Å². The Labute approximate surface area is 193 Å². The van der Waals surface area contributed by atoms with E-state index in [1.165, 1.54) is 11.2 Å². The molecule has 0 aliphatic rings. The summed E-state index contributed by atoms with van der Waals surface area (Å²) in [5.74, 6) is 0.934. The zero-order chi connectivity index (χ0) is 23.8. The van der Waals surface area contributed by atoms with E-state index < -0.39 is 11.6 Å². The van der Waals surface area contributed by atoms with Gasteiger partial charge in [0, 0.05) is 35.2 Å². The number of carbonyl (C=O) groups is 1. The molecule has 174 valence electrons. The molecule has 2 aromatic heterocycles. The molecule has 3 rings (SSSR count). The number of nitrogens with zero attached hydrogens (tertiary/aromatic N) is 5. The minimum absolute atomic E-state index is 0.0394. The first kappa shape index (κ1) is 24.1. The van der Waals surface area contributed by atoms with Crippen molar-refractivity contribution < 1.29 is 15.0 Å². The third-order valence-corrected chi connectivity index (χ3v) is 5.12. The van der Waals surface area contributed by atoms with Gasteiger partial charge in [0.15, 0.2) is 5.82 Å². The number of anilines is 2. The van der Waals surface area contributed by atoms with Gasteiger partial charge in [-0.2, -0.15) is 4.98 Å². The van der Waals surface area contributed by atoms with Crippen LogP contribution in [0.15, 0.2) is 48.9 Å². The largest absolute Gasteiger partial charge is 0.465 e. The number of benzene rings is 1. The van der Waals surface area contributed by atoms with Gasteiger partial charge < -0.3 is 20.4 Å². The number of aliphatic hydroxyl groups is 1. The lowest BCUT2D eigenvalue weighted by Gasteiger charge is -2.33. The molecule has 0 aliphatic carbocycles. The number of hydrogen-bond acceptors (Lipinski definition) is 7. The first-order valence-corrected chi connectivity index (χ1v) is 10.9. The van der Waals surface area contributed by atoms with Crippen molar-refractivity contribution in [2.24, 2.45) is 0 Å². The molecule has 3 aromatic rings. The topological polar surface area (TPSA) is 124 Å². The molecular weight excluding hydrogens is 420 g/mol. The molecule has 0 fully saturated rings. The van der Waals surface area contributed by atoms with Gasteiger partial charge in [-0.3, -0.25) is 4.98 Å². The van der Waals surface area contributed by atoms with Crippen molar-refractivity contribution in [2.75, 3.05) is 11.9 Å². The molecule has 1 amide bonds. The molecule has 0 spiro atoms. The van der Waals surface area contributed by atoms with Crippen LogP contribution in [-0.2, 0) is 13.0 Å². The van der Waals surface area contributed by atoms with Gasteiger partial charge >= 0.3 is 6.09 Å². The maximum absolute atomic E-state index is 11.5. The summed E-state index contributed by atoms with van der Waals surface area (Å²) in [4.78, 5) is 30.3. The number of rotatable bonds is 9. The van der Waals surface area contributed by atoms with Crippen LogP contribution in [0.3, 0.4) is 0 Å². The lowest BCUT2D eigenvalue weighted by molar-refractivity contribution is 0.0991. The predicted molar refractivity (Wildman–Crippen MR) is 126 cm³/mol. The van der Waals surface area contributed by atoms with E-state index in [9.17, 15) is 15.0 Å². The Morgan fingerprint density at radius 2 is 1.91 bits per heavy atom. The molecule has 0 saturated heterocycles. The molecule has 0 unspecified atom stereocenters. The van der Waals surface area contributed by atoms with Crippen molar-refractivity contribution >= 4 is 17.7 Å². The molecule has 2 heterocycles. The van der Waals surface area contributed by atoms with Gasteiger partial charge in [-0.25, -0.2) is 14.8 Å². The van der Waals surface area contributed by atoms with E-state index in [4.69, 9.17) is 0 Å². The standard InChI is InChI=1S/C24H30N6O3/c1-24(2,3)30(23(32)33)12-5-4-8-19-14-18(10-11-25-19)21-26-16-27-22(29-21)28-20-9-6-7-17(13-20)15-31/h6-7,9-11,13-14,16,31H,4-5,8,12,15H2,1-3H3,(H,32,33)(H,26,27,28,29). The van der Waals surface area contributed by atoms with Crippen molar-refractivity contribution in [2.45, 2.75) is 52.2 Å². The van der Waals surface area contributed by atoms with E-state index in [1.807, 2.05) is 57.2 Å². The summed E-state index contributed by atoms with van der Waals surface area (Å²) in [6, 6.07) is 11.2. The fourth-order valence-electron chi connectivity index (χ4n) is 3.42. The zero-order valence-corrected chi connectivity index (χ0v) is 19.2. The van der Waals surface area contributed by atoms with Crippen LogP contribution in [0, 0.1) is 0 Å². The first-order chi connectivity index (χ1) is 15.8. The number of carboxylic acid groups (broad SMARTS) is 1. The minimum Gasteiger partial charge on any atom is -0.465 e. The third-order valence-electron chi connectivity index (χ3n) is 5.12. The predicted octanol–water partition coefficient (Wildman–Crippen LogP) is 4.27. The molecule has 9 nitrogen and oxygen atoms in total. The van der Waals surface area contributed by atoms with Gasteiger partial charge in [0.1, 0.15) is 6.33 Å². The number of aliphatic hydroxyl groups excluding tert-OH is 1. The summed E-state index contributed by atoms with van der Waals surface area (Å²) in [7, 11) is 0. The summed E-state index contributed by atoms with van der Waals surface area (Å²) in [6.07, 6.45) is 4.59. The highest BCUT2D eigenvalue weighted by atomic mass is 16.4. The van der Waals surface area contributed by atoms with E-state index in [0.29, 0.717) is 18.3 Å². The maximum Gasteiger partial charge on any atom is 0.407 e. The average molecular weight is 451 g/mol. The van der Waals surface area contributed by atoms with Crippen LogP contribution >= 0.6 is 0 Å². The normalized spacial score (nSPS) is 11.3. The number of aromatic nitrogens is 4. The summed E-state index contributed by atoms with van der Waals surface area (Å²) in [5, 5.41) is 21.9. The third kappa shape index (κ3) is 6.95. The van der Waals surface area contributed by atoms with Crippen LogP contribution in [-0.4, -0.2) is 53.2 Å². The van der Waals surface area contributed by atoms with Crippen molar-refractivity contribution in [3.05, 3.63) is 60.2 Å². The van der Waals surface area contributed by atoms with Crippen LogP contribution in [0.25, 0.3) is 11.4 Å². The Morgan fingerprint density at radius 3 is 2.64 bits per heavy atom. The molecule has 0 aliphatic heterocycles. The summed E-state index contributed by atoms with van der Waals surface area (Å²) in [6.45, 7) is 6.13. The Bertz CT molecular complexity index is 1080. The number of nitrogens with one attached hydrogen (secondary N) is 1. The van der Waals surface area contributed by atoms with Crippen molar-refractivity contribution in [1.29, 1.82) is 0 Å². The van der Waals surface area contributed by atoms with Gasteiger partial charge in [-0.15, -0.1) is 0 Å². The monoisotopic (exact) mass is 450 g/mol. The van der Waals surface area contributed by atoms with E-state index in [0.717, 1.165) is 41.8 Å². The van der Waals surface area contributed by atoms with Crippen LogP contribution in [0.1, 0.15) is 44.9 Å². The number of pyridine rings is 1. The second kappa shape index (κ2) is 10.8. The van der Waals surface area contributed by atoms with E-state index >= 15 is 0 Å². The second-order valence-corrected chi connectivity index (χ2v) is 8.71. The quantitative estimate of drug-likeness (QED) is 0.413.